The zero-order chi connectivity index (χ0) is 12.8. The SMILES string of the molecule is CCCn1nccc1CNc1ccn(CCO)n1. The molecule has 0 atom stereocenters. The molecule has 2 aromatic rings. The first-order valence-corrected chi connectivity index (χ1v) is 6.22. The van der Waals surface area contributed by atoms with E-state index < -0.39 is 0 Å². The fourth-order valence-corrected chi connectivity index (χ4v) is 1.79. The highest BCUT2D eigenvalue weighted by Crippen LogP contribution is 2.06. The number of hydrogen-bond acceptors (Lipinski definition) is 4. The van der Waals surface area contributed by atoms with Gasteiger partial charge in [0.15, 0.2) is 0 Å². The van der Waals surface area contributed by atoms with E-state index >= 15 is 0 Å². The van der Waals surface area contributed by atoms with E-state index in [0.29, 0.717) is 13.1 Å². The van der Waals surface area contributed by atoms with Crippen LogP contribution in [-0.2, 0) is 19.6 Å². The molecule has 2 heterocycles. The Bertz CT molecular complexity index is 476. The van der Waals surface area contributed by atoms with E-state index in [1.54, 1.807) is 4.68 Å². The summed E-state index contributed by atoms with van der Waals surface area (Å²) in [5, 5.41) is 20.6. The van der Waals surface area contributed by atoms with Crippen LogP contribution in [0.4, 0.5) is 5.82 Å². The number of hydrogen-bond donors (Lipinski definition) is 2. The minimum absolute atomic E-state index is 0.102. The van der Waals surface area contributed by atoms with Gasteiger partial charge in [0.2, 0.25) is 0 Å². The normalized spacial score (nSPS) is 10.8. The fourth-order valence-electron chi connectivity index (χ4n) is 1.79. The summed E-state index contributed by atoms with van der Waals surface area (Å²) in [6.45, 7) is 4.40. The molecule has 18 heavy (non-hydrogen) atoms. The maximum absolute atomic E-state index is 8.81. The van der Waals surface area contributed by atoms with Gasteiger partial charge in [-0.1, -0.05) is 6.92 Å². The summed E-state index contributed by atoms with van der Waals surface area (Å²) in [5.74, 6) is 0.813. The molecule has 0 aliphatic rings. The third-order valence-electron chi connectivity index (χ3n) is 2.66. The molecule has 0 aliphatic heterocycles. The third kappa shape index (κ3) is 3.10. The van der Waals surface area contributed by atoms with E-state index in [0.717, 1.165) is 24.5 Å². The summed E-state index contributed by atoms with van der Waals surface area (Å²) in [6.07, 6.45) is 4.73. The minimum Gasteiger partial charge on any atom is -0.394 e. The number of rotatable bonds is 7. The number of aliphatic hydroxyl groups excluding tert-OH is 1. The van der Waals surface area contributed by atoms with Crippen molar-refractivity contribution in [3.63, 3.8) is 0 Å². The van der Waals surface area contributed by atoms with Gasteiger partial charge < -0.3 is 10.4 Å². The van der Waals surface area contributed by atoms with E-state index in [-0.39, 0.29) is 6.61 Å². The largest absolute Gasteiger partial charge is 0.394 e. The van der Waals surface area contributed by atoms with Crippen LogP contribution >= 0.6 is 0 Å². The standard InChI is InChI=1S/C12H19N5O/c1-2-6-17-11(3-5-14-17)10-13-12-4-7-16(15-12)8-9-18/h3-5,7,18H,2,6,8-10H2,1H3,(H,13,15). The number of anilines is 1. The molecule has 0 spiro atoms. The number of aryl methyl sites for hydroxylation is 1. The Kier molecular flexibility index (Phi) is 4.35. The Labute approximate surface area is 106 Å². The third-order valence-corrected chi connectivity index (χ3v) is 2.66. The second-order valence-electron chi connectivity index (χ2n) is 4.09. The molecule has 0 radical (unpaired) electrons. The first-order valence-electron chi connectivity index (χ1n) is 6.22. The van der Waals surface area contributed by atoms with Gasteiger partial charge in [0.05, 0.1) is 25.4 Å². The number of nitrogens with zero attached hydrogens (tertiary/aromatic N) is 4. The molecule has 0 aliphatic carbocycles. The van der Waals surface area contributed by atoms with Gasteiger partial charge in [-0.25, -0.2) is 0 Å². The van der Waals surface area contributed by atoms with E-state index in [1.807, 2.05) is 29.2 Å². The highest BCUT2D eigenvalue weighted by Gasteiger charge is 2.03. The van der Waals surface area contributed by atoms with Crippen LogP contribution in [0.1, 0.15) is 19.0 Å². The van der Waals surface area contributed by atoms with E-state index in [4.69, 9.17) is 5.11 Å². The van der Waals surface area contributed by atoms with Gasteiger partial charge in [-0.05, 0) is 12.5 Å². The van der Waals surface area contributed by atoms with Crippen LogP contribution in [0.2, 0.25) is 0 Å². The molecule has 0 saturated carbocycles. The first-order chi connectivity index (χ1) is 8.83. The molecule has 2 N–H and O–H groups in total. The van der Waals surface area contributed by atoms with Crippen LogP contribution in [-0.4, -0.2) is 31.3 Å². The maximum atomic E-state index is 8.81. The van der Waals surface area contributed by atoms with Crippen molar-refractivity contribution in [2.24, 2.45) is 0 Å². The van der Waals surface area contributed by atoms with Crippen molar-refractivity contribution < 1.29 is 5.11 Å². The first kappa shape index (κ1) is 12.6. The summed E-state index contributed by atoms with van der Waals surface area (Å²) in [7, 11) is 0. The predicted molar refractivity (Wildman–Crippen MR) is 69.2 cm³/mol. The Hall–Kier alpha value is -1.82. The topological polar surface area (TPSA) is 67.9 Å². The molecule has 0 bridgehead atoms. The summed E-state index contributed by atoms with van der Waals surface area (Å²) < 4.78 is 3.71. The van der Waals surface area contributed by atoms with Crippen molar-refractivity contribution in [1.29, 1.82) is 0 Å². The van der Waals surface area contributed by atoms with Gasteiger partial charge in [0.1, 0.15) is 5.82 Å². The van der Waals surface area contributed by atoms with E-state index in [1.165, 1.54) is 0 Å². The molecule has 2 aromatic heterocycles. The smallest absolute Gasteiger partial charge is 0.148 e. The van der Waals surface area contributed by atoms with Crippen LogP contribution in [0.5, 0.6) is 0 Å². The molecule has 0 fully saturated rings. The molecule has 98 valence electrons. The number of aromatic nitrogens is 4. The van der Waals surface area contributed by atoms with Gasteiger partial charge in [-0.3, -0.25) is 9.36 Å². The lowest BCUT2D eigenvalue weighted by Crippen LogP contribution is -2.09. The van der Waals surface area contributed by atoms with Gasteiger partial charge in [-0.15, -0.1) is 0 Å². The van der Waals surface area contributed by atoms with Crippen molar-refractivity contribution in [2.75, 3.05) is 11.9 Å². The van der Waals surface area contributed by atoms with Crippen LogP contribution in [0.25, 0.3) is 0 Å². The summed E-state index contributed by atoms with van der Waals surface area (Å²) in [6, 6.07) is 3.91. The summed E-state index contributed by atoms with van der Waals surface area (Å²) in [4.78, 5) is 0. The minimum atomic E-state index is 0.102. The molecule has 2 rings (SSSR count). The summed E-state index contributed by atoms with van der Waals surface area (Å²) >= 11 is 0. The monoisotopic (exact) mass is 249 g/mol. The highest BCUT2D eigenvalue weighted by molar-refractivity contribution is 5.32. The molecule has 0 amide bonds. The van der Waals surface area contributed by atoms with Gasteiger partial charge >= 0.3 is 0 Å². The fraction of sp³-hybridized carbons (Fsp3) is 0.500. The Balaban J connectivity index is 1.91. The predicted octanol–water partition coefficient (Wildman–Crippen LogP) is 1.09. The van der Waals surface area contributed by atoms with Crippen LogP contribution in [0.3, 0.4) is 0 Å². The van der Waals surface area contributed by atoms with E-state index in [9.17, 15) is 0 Å². The molecule has 0 saturated heterocycles. The van der Waals surface area contributed by atoms with Gasteiger partial charge in [-0.2, -0.15) is 10.2 Å². The quantitative estimate of drug-likeness (QED) is 0.771. The maximum Gasteiger partial charge on any atom is 0.148 e. The van der Waals surface area contributed by atoms with Crippen LogP contribution in [0, 0.1) is 0 Å². The summed E-state index contributed by atoms with van der Waals surface area (Å²) in [5.41, 5.74) is 1.15. The number of nitrogens with one attached hydrogen (secondary N) is 1. The second-order valence-corrected chi connectivity index (χ2v) is 4.09. The number of aliphatic hydroxyl groups is 1. The molecule has 0 aromatic carbocycles. The molecular formula is C12H19N5O. The highest BCUT2D eigenvalue weighted by atomic mass is 16.3. The average molecular weight is 249 g/mol. The second kappa shape index (κ2) is 6.20. The molecule has 6 heteroatoms. The van der Waals surface area contributed by atoms with Crippen molar-refractivity contribution in [2.45, 2.75) is 33.0 Å². The van der Waals surface area contributed by atoms with E-state index in [2.05, 4.69) is 22.4 Å². The van der Waals surface area contributed by atoms with Crippen LogP contribution < -0.4 is 5.32 Å². The van der Waals surface area contributed by atoms with Crippen molar-refractivity contribution >= 4 is 5.82 Å². The molecular weight excluding hydrogens is 230 g/mol. The van der Waals surface area contributed by atoms with Gasteiger partial charge in [0, 0.05) is 25.0 Å². The zero-order valence-corrected chi connectivity index (χ0v) is 10.6. The Morgan fingerprint density at radius 2 is 2.22 bits per heavy atom. The lowest BCUT2D eigenvalue weighted by molar-refractivity contribution is 0.269. The Morgan fingerprint density at radius 3 is 3.00 bits per heavy atom. The lowest BCUT2D eigenvalue weighted by atomic mass is 10.4. The van der Waals surface area contributed by atoms with Gasteiger partial charge in [0.25, 0.3) is 0 Å². The van der Waals surface area contributed by atoms with Crippen molar-refractivity contribution in [3.05, 3.63) is 30.2 Å². The molecule has 0 unspecified atom stereocenters. The zero-order valence-electron chi connectivity index (χ0n) is 10.6. The average Bonchev–Trinajstić information content (AvgIpc) is 2.97. The Morgan fingerprint density at radius 1 is 1.33 bits per heavy atom. The van der Waals surface area contributed by atoms with Crippen molar-refractivity contribution in [1.82, 2.24) is 19.6 Å². The molecule has 6 nitrogen and oxygen atoms in total. The van der Waals surface area contributed by atoms with Crippen molar-refractivity contribution in [3.8, 4) is 0 Å². The lowest BCUT2D eigenvalue weighted by Gasteiger charge is -2.06. The van der Waals surface area contributed by atoms with Crippen LogP contribution in [0.15, 0.2) is 24.5 Å².